The quantitative estimate of drug-likeness (QED) is 0.392. The summed E-state index contributed by atoms with van der Waals surface area (Å²) in [5.74, 6) is -0.00683. The lowest BCUT2D eigenvalue weighted by atomic mass is 10.1. The first-order valence-corrected chi connectivity index (χ1v) is 11.3. The number of carbonyl (C=O) groups is 1. The van der Waals surface area contributed by atoms with E-state index in [-0.39, 0.29) is 25.0 Å². The SMILES string of the molecule is Cc1ccc(-c2noc([C@H]3C[C@@H]3F)n2)cc1NC(=O)c1cnc2ccc(COCC(C)(C)O)cn12. The molecule has 2 atom stereocenters. The molecule has 3 heterocycles. The molecule has 1 saturated carbocycles. The number of hydrogen-bond acceptors (Lipinski definition) is 7. The number of anilines is 1. The number of hydrogen-bond donors (Lipinski definition) is 2. The highest BCUT2D eigenvalue weighted by atomic mass is 19.1. The van der Waals surface area contributed by atoms with E-state index in [0.29, 0.717) is 40.7 Å². The van der Waals surface area contributed by atoms with E-state index in [9.17, 15) is 14.3 Å². The number of alkyl halides is 1. The number of halogens is 1. The van der Waals surface area contributed by atoms with Gasteiger partial charge in [-0.3, -0.25) is 9.20 Å². The summed E-state index contributed by atoms with van der Waals surface area (Å²) in [5.41, 5.74) is 3.00. The number of imidazole rings is 1. The van der Waals surface area contributed by atoms with Crippen LogP contribution < -0.4 is 5.32 Å². The van der Waals surface area contributed by atoms with Gasteiger partial charge in [-0.2, -0.15) is 4.98 Å². The molecule has 35 heavy (non-hydrogen) atoms. The summed E-state index contributed by atoms with van der Waals surface area (Å²) in [4.78, 5) is 21.8. The van der Waals surface area contributed by atoms with Gasteiger partial charge >= 0.3 is 0 Å². The van der Waals surface area contributed by atoms with Gasteiger partial charge in [0.1, 0.15) is 17.5 Å². The van der Waals surface area contributed by atoms with Crippen molar-refractivity contribution < 1.29 is 23.6 Å². The Labute approximate surface area is 200 Å². The number of nitrogens with one attached hydrogen (secondary N) is 1. The first-order valence-electron chi connectivity index (χ1n) is 11.3. The average Bonchev–Trinajstić information content (AvgIpc) is 3.19. The summed E-state index contributed by atoms with van der Waals surface area (Å²) in [6.07, 6.45) is 2.79. The number of carbonyl (C=O) groups excluding carboxylic acids is 1. The molecule has 0 unspecified atom stereocenters. The second kappa shape index (κ2) is 8.86. The van der Waals surface area contributed by atoms with Crippen molar-refractivity contribution in [3.05, 3.63) is 65.4 Å². The van der Waals surface area contributed by atoms with E-state index >= 15 is 0 Å². The zero-order valence-corrected chi connectivity index (χ0v) is 19.7. The van der Waals surface area contributed by atoms with Crippen LogP contribution in [-0.2, 0) is 11.3 Å². The van der Waals surface area contributed by atoms with E-state index in [4.69, 9.17) is 9.26 Å². The molecule has 182 valence electrons. The number of pyridine rings is 1. The van der Waals surface area contributed by atoms with Crippen molar-refractivity contribution >= 4 is 17.2 Å². The van der Waals surface area contributed by atoms with Crippen LogP contribution in [0.2, 0.25) is 0 Å². The smallest absolute Gasteiger partial charge is 0.274 e. The number of aliphatic hydroxyl groups is 1. The Balaban J connectivity index is 1.34. The van der Waals surface area contributed by atoms with Crippen LogP contribution in [0.3, 0.4) is 0 Å². The monoisotopic (exact) mass is 479 g/mol. The second-order valence-corrected chi connectivity index (χ2v) is 9.51. The van der Waals surface area contributed by atoms with Crippen LogP contribution in [0.5, 0.6) is 0 Å². The molecule has 1 fully saturated rings. The molecule has 4 aromatic rings. The van der Waals surface area contributed by atoms with E-state index < -0.39 is 11.8 Å². The normalized spacial score (nSPS) is 17.6. The molecular formula is C25H26FN5O4. The molecule has 9 nitrogen and oxygen atoms in total. The Morgan fingerprint density at radius 1 is 1.34 bits per heavy atom. The van der Waals surface area contributed by atoms with Gasteiger partial charge in [-0.25, -0.2) is 9.37 Å². The van der Waals surface area contributed by atoms with Crippen LogP contribution >= 0.6 is 0 Å². The summed E-state index contributed by atoms with van der Waals surface area (Å²) in [7, 11) is 0. The molecular weight excluding hydrogens is 453 g/mol. The van der Waals surface area contributed by atoms with E-state index in [1.807, 2.05) is 25.1 Å². The fourth-order valence-corrected chi connectivity index (χ4v) is 3.70. The van der Waals surface area contributed by atoms with E-state index in [1.54, 1.807) is 36.6 Å². The van der Waals surface area contributed by atoms with Crippen LogP contribution in [0.1, 0.15) is 53.7 Å². The van der Waals surface area contributed by atoms with Crippen molar-refractivity contribution in [3.63, 3.8) is 0 Å². The lowest BCUT2D eigenvalue weighted by Crippen LogP contribution is -2.25. The highest BCUT2D eigenvalue weighted by Gasteiger charge is 2.43. The summed E-state index contributed by atoms with van der Waals surface area (Å²) in [6.45, 7) is 5.71. The molecule has 1 aliphatic rings. The van der Waals surface area contributed by atoms with Crippen molar-refractivity contribution in [2.45, 2.75) is 51.5 Å². The van der Waals surface area contributed by atoms with Gasteiger partial charge in [-0.1, -0.05) is 23.4 Å². The fraction of sp³-hybridized carbons (Fsp3) is 0.360. The highest BCUT2D eigenvalue weighted by Crippen LogP contribution is 2.43. The van der Waals surface area contributed by atoms with Crippen molar-refractivity contribution in [2.24, 2.45) is 0 Å². The minimum Gasteiger partial charge on any atom is -0.388 e. The predicted molar refractivity (Wildman–Crippen MR) is 126 cm³/mol. The van der Waals surface area contributed by atoms with Gasteiger partial charge in [0, 0.05) is 17.4 Å². The molecule has 1 aromatic carbocycles. The molecule has 1 amide bonds. The van der Waals surface area contributed by atoms with Crippen molar-refractivity contribution in [1.29, 1.82) is 0 Å². The number of nitrogens with zero attached hydrogens (tertiary/aromatic N) is 4. The Morgan fingerprint density at radius 2 is 2.14 bits per heavy atom. The second-order valence-electron chi connectivity index (χ2n) is 9.51. The van der Waals surface area contributed by atoms with E-state index in [2.05, 4.69) is 20.4 Å². The van der Waals surface area contributed by atoms with Crippen molar-refractivity contribution in [1.82, 2.24) is 19.5 Å². The molecule has 1 aliphatic carbocycles. The minimum atomic E-state index is -0.923. The molecule has 0 spiro atoms. The molecule has 3 aromatic heterocycles. The Bertz CT molecular complexity index is 1390. The van der Waals surface area contributed by atoms with Gasteiger partial charge in [-0.05, 0) is 50.5 Å². The number of amides is 1. The molecule has 0 bridgehead atoms. The van der Waals surface area contributed by atoms with Gasteiger partial charge in [0.25, 0.3) is 5.91 Å². The number of rotatable bonds is 8. The summed E-state index contributed by atoms with van der Waals surface area (Å²) >= 11 is 0. The maximum Gasteiger partial charge on any atom is 0.274 e. The summed E-state index contributed by atoms with van der Waals surface area (Å²) in [5, 5.41) is 16.7. The topological polar surface area (TPSA) is 115 Å². The number of benzene rings is 1. The molecule has 0 aliphatic heterocycles. The van der Waals surface area contributed by atoms with Crippen LogP contribution in [0.25, 0.3) is 17.0 Å². The van der Waals surface area contributed by atoms with Crippen molar-refractivity contribution in [3.8, 4) is 11.4 Å². The lowest BCUT2D eigenvalue weighted by Gasteiger charge is -2.17. The number of fused-ring (bicyclic) bond motifs is 1. The molecule has 5 rings (SSSR count). The third kappa shape index (κ3) is 5.08. The minimum absolute atomic E-state index is 0.189. The molecule has 10 heteroatoms. The van der Waals surface area contributed by atoms with Gasteiger partial charge in [0.15, 0.2) is 0 Å². The Morgan fingerprint density at radius 3 is 2.89 bits per heavy atom. The zero-order chi connectivity index (χ0) is 24.7. The van der Waals surface area contributed by atoms with Gasteiger partial charge < -0.3 is 19.7 Å². The van der Waals surface area contributed by atoms with Crippen LogP contribution in [0.4, 0.5) is 10.1 Å². The molecule has 2 N–H and O–H groups in total. The molecule has 0 radical (unpaired) electrons. The fourth-order valence-electron chi connectivity index (χ4n) is 3.70. The number of aromatic nitrogens is 4. The molecule has 0 saturated heterocycles. The van der Waals surface area contributed by atoms with E-state index in [0.717, 1.165) is 11.1 Å². The Kier molecular flexibility index (Phi) is 5.86. The van der Waals surface area contributed by atoms with Gasteiger partial charge in [-0.15, -0.1) is 0 Å². The average molecular weight is 480 g/mol. The Hall–Kier alpha value is -3.63. The van der Waals surface area contributed by atoms with Crippen LogP contribution in [0.15, 0.2) is 47.2 Å². The predicted octanol–water partition coefficient (Wildman–Crippen LogP) is 4.06. The summed E-state index contributed by atoms with van der Waals surface area (Å²) < 4.78 is 25.8. The maximum atomic E-state index is 13.3. The van der Waals surface area contributed by atoms with E-state index in [1.165, 1.54) is 6.20 Å². The highest BCUT2D eigenvalue weighted by molar-refractivity contribution is 6.04. The standard InChI is InChI=1S/C25H26FN5O4/c1-14-4-6-16(22-29-24(35-30-22)17-9-18(17)26)8-19(14)28-23(32)20-10-27-21-7-5-15(11-31(20)21)12-34-13-25(2,3)33/h4-8,10-11,17-18,33H,9,12-13H2,1-3H3,(H,28,32)/t17-,18-/m0/s1. The third-order valence-electron chi connectivity index (χ3n) is 5.74. The number of ether oxygens (including phenoxy) is 1. The third-order valence-corrected chi connectivity index (χ3v) is 5.74. The van der Waals surface area contributed by atoms with Crippen molar-refractivity contribution in [2.75, 3.05) is 11.9 Å². The number of aryl methyl sites for hydroxylation is 1. The van der Waals surface area contributed by atoms with Crippen LogP contribution in [0, 0.1) is 6.92 Å². The maximum absolute atomic E-state index is 13.3. The van der Waals surface area contributed by atoms with Gasteiger partial charge in [0.05, 0.1) is 30.9 Å². The lowest BCUT2D eigenvalue weighted by molar-refractivity contribution is -0.0269. The van der Waals surface area contributed by atoms with Gasteiger partial charge in [0.2, 0.25) is 11.7 Å². The summed E-state index contributed by atoms with van der Waals surface area (Å²) in [6, 6.07) is 9.12. The van der Waals surface area contributed by atoms with Crippen LogP contribution in [-0.4, -0.2) is 48.9 Å². The first kappa shape index (κ1) is 23.1. The largest absolute Gasteiger partial charge is 0.388 e. The first-order chi connectivity index (χ1) is 16.7. The zero-order valence-electron chi connectivity index (χ0n) is 19.7.